The number of carbonyl (C=O) groups is 2. The Bertz CT molecular complexity index is 905. The lowest BCUT2D eigenvalue weighted by Crippen LogP contribution is -2.52. The molecule has 5 nitrogen and oxygen atoms in total. The smallest absolute Gasteiger partial charge is 0.243 e. The zero-order valence-corrected chi connectivity index (χ0v) is 19.6. The molecule has 0 bridgehead atoms. The standard InChI is InChI=1S/C27H36N2O3/c1-4-25(27(31)28-23-14-6-5-7-15-23)29(19-21-12-10-16-24(17-21)32-3)26(30)18-22-13-9-8-11-20(22)2/h8-13,16-17,23,25H,4-7,14-15,18-19H2,1-3H3,(H,28,31)/t25-/m1/s1. The minimum absolute atomic E-state index is 0.0345. The van der Waals surface area contributed by atoms with Gasteiger partial charge < -0.3 is 15.0 Å². The Balaban J connectivity index is 1.83. The molecule has 0 spiro atoms. The molecule has 1 aliphatic carbocycles. The zero-order chi connectivity index (χ0) is 22.9. The van der Waals surface area contributed by atoms with E-state index in [0.29, 0.717) is 13.0 Å². The fourth-order valence-corrected chi connectivity index (χ4v) is 4.50. The van der Waals surface area contributed by atoms with Crippen LogP contribution in [-0.4, -0.2) is 35.9 Å². The first-order chi connectivity index (χ1) is 15.5. The Morgan fingerprint density at radius 3 is 2.53 bits per heavy atom. The van der Waals surface area contributed by atoms with Gasteiger partial charge in [0.25, 0.3) is 0 Å². The quantitative estimate of drug-likeness (QED) is 0.614. The highest BCUT2D eigenvalue weighted by atomic mass is 16.5. The first kappa shape index (κ1) is 23.8. The lowest BCUT2D eigenvalue weighted by Gasteiger charge is -2.33. The van der Waals surface area contributed by atoms with Gasteiger partial charge in [0, 0.05) is 12.6 Å². The molecule has 172 valence electrons. The summed E-state index contributed by atoms with van der Waals surface area (Å²) in [4.78, 5) is 28.6. The van der Waals surface area contributed by atoms with Gasteiger partial charge in [-0.05, 0) is 55.0 Å². The van der Waals surface area contributed by atoms with Crippen LogP contribution in [0, 0.1) is 6.92 Å². The number of aryl methyl sites for hydroxylation is 1. The molecule has 0 unspecified atom stereocenters. The summed E-state index contributed by atoms with van der Waals surface area (Å²) >= 11 is 0. The van der Waals surface area contributed by atoms with Crippen molar-refractivity contribution in [2.45, 2.75) is 77.4 Å². The highest BCUT2D eigenvalue weighted by Gasteiger charge is 2.30. The molecular weight excluding hydrogens is 400 g/mol. The summed E-state index contributed by atoms with van der Waals surface area (Å²) in [6, 6.07) is 15.4. The van der Waals surface area contributed by atoms with Gasteiger partial charge >= 0.3 is 0 Å². The van der Waals surface area contributed by atoms with E-state index in [1.165, 1.54) is 6.42 Å². The summed E-state index contributed by atoms with van der Waals surface area (Å²) in [6.45, 7) is 4.37. The minimum Gasteiger partial charge on any atom is -0.497 e. The number of nitrogens with one attached hydrogen (secondary N) is 1. The molecule has 1 atom stereocenters. The molecule has 1 fully saturated rings. The van der Waals surface area contributed by atoms with Crippen LogP contribution in [0.5, 0.6) is 5.75 Å². The molecule has 1 saturated carbocycles. The zero-order valence-electron chi connectivity index (χ0n) is 19.6. The van der Waals surface area contributed by atoms with Crippen molar-refractivity contribution in [3.05, 3.63) is 65.2 Å². The molecule has 0 aromatic heterocycles. The van der Waals surface area contributed by atoms with Crippen molar-refractivity contribution in [3.63, 3.8) is 0 Å². The Hall–Kier alpha value is -2.82. The first-order valence-electron chi connectivity index (χ1n) is 11.8. The highest BCUT2D eigenvalue weighted by molar-refractivity contribution is 5.88. The van der Waals surface area contributed by atoms with E-state index in [1.807, 2.05) is 62.4 Å². The van der Waals surface area contributed by atoms with Crippen molar-refractivity contribution in [1.29, 1.82) is 0 Å². The molecule has 0 heterocycles. The third kappa shape index (κ3) is 6.35. The third-order valence-corrected chi connectivity index (χ3v) is 6.43. The van der Waals surface area contributed by atoms with Crippen LogP contribution in [0.3, 0.4) is 0 Å². The van der Waals surface area contributed by atoms with Crippen LogP contribution in [0.25, 0.3) is 0 Å². The Morgan fingerprint density at radius 2 is 1.84 bits per heavy atom. The van der Waals surface area contributed by atoms with Gasteiger partial charge in [-0.15, -0.1) is 0 Å². The van der Waals surface area contributed by atoms with E-state index < -0.39 is 6.04 Å². The highest BCUT2D eigenvalue weighted by Crippen LogP contribution is 2.21. The SMILES string of the molecule is CC[C@H](C(=O)NC1CCCCC1)N(Cc1cccc(OC)c1)C(=O)Cc1ccccc1C. The van der Waals surface area contributed by atoms with Gasteiger partial charge in [0.2, 0.25) is 11.8 Å². The first-order valence-corrected chi connectivity index (χ1v) is 11.8. The summed E-state index contributed by atoms with van der Waals surface area (Å²) in [6.07, 6.45) is 6.44. The van der Waals surface area contributed by atoms with Crippen LogP contribution in [0.4, 0.5) is 0 Å². The molecule has 0 radical (unpaired) electrons. The van der Waals surface area contributed by atoms with Crippen molar-refractivity contribution < 1.29 is 14.3 Å². The molecule has 5 heteroatoms. The predicted octanol–water partition coefficient (Wildman–Crippen LogP) is 4.80. The van der Waals surface area contributed by atoms with Crippen LogP contribution in [-0.2, 0) is 22.6 Å². The maximum atomic E-state index is 13.5. The number of benzene rings is 2. The Labute approximate surface area is 192 Å². The van der Waals surface area contributed by atoms with Crippen molar-refractivity contribution in [1.82, 2.24) is 10.2 Å². The summed E-state index contributed by atoms with van der Waals surface area (Å²) in [5.41, 5.74) is 3.03. The molecular formula is C27H36N2O3. The Kier molecular flexibility index (Phi) is 8.72. The van der Waals surface area contributed by atoms with Crippen LogP contribution in [0.1, 0.15) is 62.1 Å². The predicted molar refractivity (Wildman–Crippen MR) is 128 cm³/mol. The van der Waals surface area contributed by atoms with Gasteiger partial charge in [-0.1, -0.05) is 62.6 Å². The second-order valence-electron chi connectivity index (χ2n) is 8.74. The minimum atomic E-state index is -0.500. The molecule has 1 aliphatic rings. The number of carbonyl (C=O) groups excluding carboxylic acids is 2. The molecule has 2 amide bonds. The summed E-state index contributed by atoms with van der Waals surface area (Å²) in [7, 11) is 1.63. The molecule has 32 heavy (non-hydrogen) atoms. The van der Waals surface area contributed by atoms with Gasteiger partial charge in [-0.3, -0.25) is 9.59 Å². The number of methoxy groups -OCH3 is 1. The number of rotatable bonds is 9. The maximum absolute atomic E-state index is 13.5. The van der Waals surface area contributed by atoms with Gasteiger partial charge in [-0.2, -0.15) is 0 Å². The van der Waals surface area contributed by atoms with E-state index in [0.717, 1.165) is 48.1 Å². The van der Waals surface area contributed by atoms with Crippen LogP contribution in [0.15, 0.2) is 48.5 Å². The van der Waals surface area contributed by atoms with E-state index in [-0.39, 0.29) is 24.3 Å². The van der Waals surface area contributed by atoms with E-state index >= 15 is 0 Å². The normalized spacial score (nSPS) is 15.1. The van der Waals surface area contributed by atoms with Crippen molar-refractivity contribution in [2.75, 3.05) is 7.11 Å². The fraction of sp³-hybridized carbons (Fsp3) is 0.481. The van der Waals surface area contributed by atoms with Gasteiger partial charge in [0.15, 0.2) is 0 Å². The number of hydrogen-bond donors (Lipinski definition) is 1. The lowest BCUT2D eigenvalue weighted by atomic mass is 9.95. The number of nitrogens with zero attached hydrogens (tertiary/aromatic N) is 1. The molecule has 2 aromatic rings. The second-order valence-corrected chi connectivity index (χ2v) is 8.74. The number of ether oxygens (including phenoxy) is 1. The van der Waals surface area contributed by atoms with Crippen LogP contribution < -0.4 is 10.1 Å². The third-order valence-electron chi connectivity index (χ3n) is 6.43. The summed E-state index contributed by atoms with van der Waals surface area (Å²) in [5.74, 6) is 0.668. The van der Waals surface area contributed by atoms with E-state index in [2.05, 4.69) is 5.32 Å². The second kappa shape index (κ2) is 11.7. The van der Waals surface area contributed by atoms with E-state index in [1.54, 1.807) is 12.0 Å². The number of hydrogen-bond acceptors (Lipinski definition) is 3. The monoisotopic (exact) mass is 436 g/mol. The largest absolute Gasteiger partial charge is 0.497 e. The van der Waals surface area contributed by atoms with Crippen LogP contribution >= 0.6 is 0 Å². The molecule has 2 aromatic carbocycles. The molecule has 1 N–H and O–H groups in total. The summed E-state index contributed by atoms with van der Waals surface area (Å²) in [5, 5.41) is 3.23. The van der Waals surface area contributed by atoms with Crippen LogP contribution in [0.2, 0.25) is 0 Å². The lowest BCUT2D eigenvalue weighted by molar-refractivity contribution is -0.141. The molecule has 0 aliphatic heterocycles. The average Bonchev–Trinajstić information content (AvgIpc) is 2.81. The van der Waals surface area contributed by atoms with Crippen molar-refractivity contribution in [3.8, 4) is 5.75 Å². The Morgan fingerprint density at radius 1 is 1.09 bits per heavy atom. The van der Waals surface area contributed by atoms with E-state index in [9.17, 15) is 9.59 Å². The molecule has 3 rings (SSSR count). The van der Waals surface area contributed by atoms with Crippen molar-refractivity contribution in [2.24, 2.45) is 0 Å². The fourth-order valence-electron chi connectivity index (χ4n) is 4.50. The average molecular weight is 437 g/mol. The van der Waals surface area contributed by atoms with Gasteiger partial charge in [0.1, 0.15) is 11.8 Å². The topological polar surface area (TPSA) is 58.6 Å². The maximum Gasteiger partial charge on any atom is 0.243 e. The van der Waals surface area contributed by atoms with Gasteiger partial charge in [0.05, 0.1) is 13.5 Å². The number of amides is 2. The van der Waals surface area contributed by atoms with Gasteiger partial charge in [-0.25, -0.2) is 0 Å². The molecule has 0 saturated heterocycles. The van der Waals surface area contributed by atoms with Crippen molar-refractivity contribution >= 4 is 11.8 Å². The van der Waals surface area contributed by atoms with E-state index in [4.69, 9.17) is 4.74 Å². The summed E-state index contributed by atoms with van der Waals surface area (Å²) < 4.78 is 5.36.